The summed E-state index contributed by atoms with van der Waals surface area (Å²) < 4.78 is 5.23. The Morgan fingerprint density at radius 1 is 1.10 bits per heavy atom. The summed E-state index contributed by atoms with van der Waals surface area (Å²) in [4.78, 5) is 48.8. The van der Waals surface area contributed by atoms with Crippen LogP contribution in [0.25, 0.3) is 6.08 Å². The molecule has 0 bridgehead atoms. The second-order valence-electron chi connectivity index (χ2n) is 6.10. The molecule has 1 fully saturated rings. The summed E-state index contributed by atoms with van der Waals surface area (Å²) in [6.07, 6.45) is 0.307. The van der Waals surface area contributed by atoms with E-state index in [1.165, 1.54) is 49.4 Å². The fraction of sp³-hybridized carbons (Fsp3) is 0.100. The SMILES string of the molecule is C[C@@H](Oc1ccc(/C=C2\C(=O)NC(=O)N(c3ccc(Cl)cc3)C2=O)cc1)C(=O)O. The van der Waals surface area contributed by atoms with E-state index in [9.17, 15) is 19.2 Å². The highest BCUT2D eigenvalue weighted by molar-refractivity contribution is 6.39. The number of carbonyl (C=O) groups is 4. The van der Waals surface area contributed by atoms with Gasteiger partial charge in [-0.3, -0.25) is 14.9 Å². The molecule has 4 amide bonds. The number of carbonyl (C=O) groups excluding carboxylic acids is 3. The Morgan fingerprint density at radius 3 is 2.31 bits per heavy atom. The van der Waals surface area contributed by atoms with E-state index in [0.717, 1.165) is 4.90 Å². The van der Waals surface area contributed by atoms with Gasteiger partial charge in [0.05, 0.1) is 5.69 Å². The first-order chi connectivity index (χ1) is 13.8. The van der Waals surface area contributed by atoms with E-state index >= 15 is 0 Å². The molecule has 8 nitrogen and oxygen atoms in total. The van der Waals surface area contributed by atoms with Crippen LogP contribution in [-0.2, 0) is 14.4 Å². The number of imide groups is 2. The molecular formula is C20H15ClN2O6. The Labute approximate surface area is 170 Å². The smallest absolute Gasteiger partial charge is 0.344 e. The van der Waals surface area contributed by atoms with Crippen LogP contribution in [-0.4, -0.2) is 35.0 Å². The molecule has 29 heavy (non-hydrogen) atoms. The topological polar surface area (TPSA) is 113 Å². The Hall–Kier alpha value is -3.65. The summed E-state index contributed by atoms with van der Waals surface area (Å²) in [6.45, 7) is 1.39. The molecule has 1 aliphatic heterocycles. The molecule has 2 N–H and O–H groups in total. The largest absolute Gasteiger partial charge is 0.479 e. The number of anilines is 1. The Balaban J connectivity index is 1.86. The number of carboxylic acid groups (broad SMARTS) is 1. The highest BCUT2D eigenvalue weighted by Crippen LogP contribution is 2.24. The van der Waals surface area contributed by atoms with Crippen LogP contribution in [0.15, 0.2) is 54.1 Å². The van der Waals surface area contributed by atoms with Gasteiger partial charge in [-0.15, -0.1) is 0 Å². The van der Waals surface area contributed by atoms with E-state index in [4.69, 9.17) is 21.4 Å². The number of hydrogen-bond acceptors (Lipinski definition) is 5. The van der Waals surface area contributed by atoms with Crippen molar-refractivity contribution in [3.63, 3.8) is 0 Å². The second-order valence-corrected chi connectivity index (χ2v) is 6.54. The number of barbiturate groups is 1. The van der Waals surface area contributed by atoms with Gasteiger partial charge >= 0.3 is 12.0 Å². The van der Waals surface area contributed by atoms with Crippen molar-refractivity contribution in [3.05, 3.63) is 64.7 Å². The van der Waals surface area contributed by atoms with Crippen LogP contribution in [0.5, 0.6) is 5.75 Å². The van der Waals surface area contributed by atoms with Gasteiger partial charge in [0.2, 0.25) is 0 Å². The lowest BCUT2D eigenvalue weighted by molar-refractivity contribution is -0.144. The maximum atomic E-state index is 12.8. The lowest BCUT2D eigenvalue weighted by atomic mass is 10.1. The highest BCUT2D eigenvalue weighted by atomic mass is 35.5. The molecule has 1 heterocycles. The van der Waals surface area contributed by atoms with Crippen LogP contribution in [0, 0.1) is 0 Å². The minimum atomic E-state index is -1.10. The zero-order valence-electron chi connectivity index (χ0n) is 15.1. The lowest BCUT2D eigenvalue weighted by Gasteiger charge is -2.26. The molecule has 0 saturated carbocycles. The molecule has 0 radical (unpaired) electrons. The van der Waals surface area contributed by atoms with Crippen molar-refractivity contribution < 1.29 is 29.0 Å². The number of benzene rings is 2. The number of nitrogens with zero attached hydrogens (tertiary/aromatic N) is 1. The van der Waals surface area contributed by atoms with Crippen LogP contribution in [0.1, 0.15) is 12.5 Å². The number of carboxylic acids is 1. The third-order valence-electron chi connectivity index (χ3n) is 4.04. The van der Waals surface area contributed by atoms with Crippen LogP contribution < -0.4 is 15.0 Å². The fourth-order valence-corrected chi connectivity index (χ4v) is 2.67. The zero-order valence-corrected chi connectivity index (χ0v) is 15.8. The summed E-state index contributed by atoms with van der Waals surface area (Å²) in [5.41, 5.74) is 0.526. The van der Waals surface area contributed by atoms with E-state index < -0.39 is 29.9 Å². The van der Waals surface area contributed by atoms with Crippen molar-refractivity contribution in [3.8, 4) is 5.75 Å². The predicted molar refractivity (Wildman–Crippen MR) is 105 cm³/mol. The standard InChI is InChI=1S/C20H15ClN2O6/c1-11(19(26)27)29-15-8-2-12(3-9-15)10-16-17(24)22-20(28)23(18(16)25)14-6-4-13(21)5-7-14/h2-11H,1H3,(H,26,27)(H,22,24,28)/b16-10+/t11-/m1/s1. The van der Waals surface area contributed by atoms with Gasteiger partial charge < -0.3 is 9.84 Å². The van der Waals surface area contributed by atoms with Gasteiger partial charge in [-0.2, -0.15) is 0 Å². The van der Waals surface area contributed by atoms with Gasteiger partial charge in [0.25, 0.3) is 11.8 Å². The first kappa shape index (κ1) is 20.1. The number of amides is 4. The number of urea groups is 1. The highest BCUT2D eigenvalue weighted by Gasteiger charge is 2.36. The molecule has 1 aliphatic rings. The van der Waals surface area contributed by atoms with E-state index in [1.807, 2.05) is 0 Å². The molecule has 0 spiro atoms. The number of rotatable bonds is 5. The average molecular weight is 415 g/mol. The van der Waals surface area contributed by atoms with Crippen LogP contribution in [0.2, 0.25) is 5.02 Å². The van der Waals surface area contributed by atoms with Gasteiger partial charge in [-0.05, 0) is 55.0 Å². The Kier molecular flexibility index (Phi) is 5.65. The second kappa shape index (κ2) is 8.15. The van der Waals surface area contributed by atoms with Crippen molar-refractivity contribution in [2.24, 2.45) is 0 Å². The van der Waals surface area contributed by atoms with Crippen molar-refractivity contribution in [1.82, 2.24) is 5.32 Å². The predicted octanol–water partition coefficient (Wildman–Crippen LogP) is 2.86. The monoisotopic (exact) mass is 414 g/mol. The number of hydrogen-bond donors (Lipinski definition) is 2. The van der Waals surface area contributed by atoms with Gasteiger partial charge in [-0.25, -0.2) is 14.5 Å². The summed E-state index contributed by atoms with van der Waals surface area (Å²) in [6, 6.07) is 11.3. The summed E-state index contributed by atoms with van der Waals surface area (Å²) in [7, 11) is 0. The molecule has 1 atom stereocenters. The first-order valence-corrected chi connectivity index (χ1v) is 8.80. The van der Waals surface area contributed by atoms with Gasteiger partial charge in [0.15, 0.2) is 6.10 Å². The third-order valence-corrected chi connectivity index (χ3v) is 4.29. The van der Waals surface area contributed by atoms with Crippen molar-refractivity contribution in [1.29, 1.82) is 0 Å². The quantitative estimate of drug-likeness (QED) is 0.574. The Bertz CT molecular complexity index is 1010. The molecule has 9 heteroatoms. The minimum absolute atomic E-state index is 0.230. The first-order valence-electron chi connectivity index (χ1n) is 8.43. The number of ether oxygens (including phenoxy) is 1. The third kappa shape index (κ3) is 4.44. The molecule has 0 aliphatic carbocycles. The molecule has 148 valence electrons. The molecule has 0 unspecified atom stereocenters. The van der Waals surface area contributed by atoms with Crippen molar-refractivity contribution in [2.45, 2.75) is 13.0 Å². The van der Waals surface area contributed by atoms with Gasteiger partial charge in [-0.1, -0.05) is 23.7 Å². The molecule has 3 rings (SSSR count). The van der Waals surface area contributed by atoms with E-state index in [1.54, 1.807) is 12.1 Å². The molecule has 1 saturated heterocycles. The van der Waals surface area contributed by atoms with E-state index in [-0.39, 0.29) is 11.3 Å². The zero-order chi connectivity index (χ0) is 21.1. The van der Waals surface area contributed by atoms with E-state index in [2.05, 4.69) is 5.32 Å². The van der Waals surface area contributed by atoms with Gasteiger partial charge in [0, 0.05) is 5.02 Å². The van der Waals surface area contributed by atoms with Gasteiger partial charge in [0.1, 0.15) is 11.3 Å². The van der Waals surface area contributed by atoms with Crippen LogP contribution in [0.3, 0.4) is 0 Å². The molecule has 0 aromatic heterocycles. The van der Waals surface area contributed by atoms with Crippen molar-refractivity contribution >= 4 is 47.2 Å². The average Bonchev–Trinajstić information content (AvgIpc) is 2.67. The van der Waals surface area contributed by atoms with E-state index in [0.29, 0.717) is 16.3 Å². The minimum Gasteiger partial charge on any atom is -0.479 e. The van der Waals surface area contributed by atoms with Crippen molar-refractivity contribution in [2.75, 3.05) is 4.90 Å². The Morgan fingerprint density at radius 2 is 1.72 bits per heavy atom. The normalized spacial score (nSPS) is 16.6. The number of halogens is 1. The van der Waals surface area contributed by atoms with Crippen LogP contribution in [0.4, 0.5) is 10.5 Å². The summed E-state index contributed by atoms with van der Waals surface area (Å²) >= 11 is 5.83. The molecule has 2 aromatic rings. The lowest BCUT2D eigenvalue weighted by Crippen LogP contribution is -2.54. The maximum absolute atomic E-state index is 12.8. The number of aliphatic carboxylic acids is 1. The fourth-order valence-electron chi connectivity index (χ4n) is 2.55. The maximum Gasteiger partial charge on any atom is 0.344 e. The summed E-state index contributed by atoms with van der Waals surface area (Å²) in [5, 5.41) is 11.4. The summed E-state index contributed by atoms with van der Waals surface area (Å²) in [5.74, 6) is -2.38. The molecule has 2 aromatic carbocycles. The molecular weight excluding hydrogens is 400 g/mol. The number of nitrogens with one attached hydrogen (secondary N) is 1. The van der Waals surface area contributed by atoms with Crippen LogP contribution >= 0.6 is 11.6 Å².